The lowest BCUT2D eigenvalue weighted by Crippen LogP contribution is -2.53. The molecule has 0 radical (unpaired) electrons. The molecular formula is C39H51N3O11. The molecule has 0 spiro atoms. The molecule has 1 aromatic carbocycles. The van der Waals surface area contributed by atoms with Crippen molar-refractivity contribution in [2.75, 3.05) is 32.7 Å². The summed E-state index contributed by atoms with van der Waals surface area (Å²) in [7, 11) is 3.06. The summed E-state index contributed by atoms with van der Waals surface area (Å²) in [4.78, 5) is 83.1. The molecule has 0 aliphatic carbocycles. The highest BCUT2D eigenvalue weighted by molar-refractivity contribution is 6.38. The van der Waals surface area contributed by atoms with Gasteiger partial charge in [-0.2, -0.15) is 0 Å². The minimum atomic E-state index is -1.36. The predicted octanol–water partition coefficient (Wildman–Crippen LogP) is 5.08. The Balaban J connectivity index is 1.84. The zero-order valence-corrected chi connectivity index (χ0v) is 31.7. The molecule has 0 bridgehead atoms. The van der Waals surface area contributed by atoms with Crippen molar-refractivity contribution in [1.82, 2.24) is 9.88 Å². The second kappa shape index (κ2) is 19.0. The van der Waals surface area contributed by atoms with Crippen LogP contribution in [0, 0.1) is 5.41 Å². The van der Waals surface area contributed by atoms with Crippen LogP contribution in [0.4, 0.5) is 5.82 Å². The number of likely N-dealkylation sites (tertiary alicyclic amines) is 1. The van der Waals surface area contributed by atoms with Gasteiger partial charge in [0, 0.05) is 19.0 Å². The Kier molecular flexibility index (Phi) is 15.1. The van der Waals surface area contributed by atoms with Crippen molar-refractivity contribution < 1.29 is 52.5 Å². The van der Waals surface area contributed by atoms with Crippen LogP contribution < -0.4 is 14.8 Å². The Morgan fingerprint density at radius 3 is 2.36 bits per heavy atom. The first-order chi connectivity index (χ1) is 25.0. The van der Waals surface area contributed by atoms with Gasteiger partial charge in [0.15, 0.2) is 11.5 Å². The molecule has 1 saturated heterocycles. The van der Waals surface area contributed by atoms with E-state index in [2.05, 4.69) is 16.9 Å². The van der Waals surface area contributed by atoms with Crippen LogP contribution in [0.25, 0.3) is 0 Å². The second-order valence-electron chi connectivity index (χ2n) is 14.3. The Morgan fingerprint density at radius 1 is 0.981 bits per heavy atom. The second-order valence-corrected chi connectivity index (χ2v) is 14.3. The number of rotatable bonds is 17. The number of ether oxygens (including phenoxy) is 5. The maximum absolute atomic E-state index is 13.9. The Labute approximate surface area is 310 Å². The smallest absolute Gasteiger partial charge is 0.330 e. The van der Waals surface area contributed by atoms with E-state index in [0.717, 1.165) is 11.6 Å². The van der Waals surface area contributed by atoms with E-state index in [1.807, 2.05) is 12.1 Å². The topological polar surface area (TPSA) is 177 Å². The summed E-state index contributed by atoms with van der Waals surface area (Å²) < 4.78 is 27.2. The zero-order valence-electron chi connectivity index (χ0n) is 31.7. The molecule has 2 aromatic rings. The number of aryl methyl sites for hydroxylation is 1. The van der Waals surface area contributed by atoms with Crippen LogP contribution >= 0.6 is 0 Å². The van der Waals surface area contributed by atoms with Crippen LogP contribution in [0.2, 0.25) is 0 Å². The zero-order chi connectivity index (χ0) is 39.3. The number of carbonyl (C=O) groups is 6. The molecule has 14 nitrogen and oxygen atoms in total. The largest absolute Gasteiger partial charge is 0.493 e. The van der Waals surface area contributed by atoms with E-state index in [4.69, 9.17) is 23.7 Å². The summed E-state index contributed by atoms with van der Waals surface area (Å²) in [6, 6.07) is 9.27. The summed E-state index contributed by atoms with van der Waals surface area (Å²) in [6.45, 7) is 11.4. The number of esters is 3. The summed E-state index contributed by atoms with van der Waals surface area (Å²) in [6.07, 6.45) is 1.92. The number of nitrogens with zero attached hydrogens (tertiary/aromatic N) is 2. The van der Waals surface area contributed by atoms with Gasteiger partial charge in [-0.05, 0) is 96.6 Å². The maximum atomic E-state index is 13.9. The van der Waals surface area contributed by atoms with E-state index in [1.165, 1.54) is 33.0 Å². The van der Waals surface area contributed by atoms with E-state index in [9.17, 15) is 28.8 Å². The predicted molar refractivity (Wildman–Crippen MR) is 194 cm³/mol. The first kappa shape index (κ1) is 42.1. The number of pyridine rings is 1. The lowest BCUT2D eigenvalue weighted by molar-refractivity contribution is -0.165. The molecule has 1 fully saturated rings. The molecule has 1 aliphatic rings. The lowest BCUT2D eigenvalue weighted by Gasteiger charge is -2.36. The first-order valence-electron chi connectivity index (χ1n) is 17.5. The molecule has 288 valence electrons. The monoisotopic (exact) mass is 737 g/mol. The van der Waals surface area contributed by atoms with Crippen molar-refractivity contribution in [2.45, 2.75) is 97.3 Å². The van der Waals surface area contributed by atoms with Gasteiger partial charge in [0.2, 0.25) is 11.7 Å². The molecule has 0 saturated carbocycles. The quantitative estimate of drug-likeness (QED) is 0.0988. The van der Waals surface area contributed by atoms with E-state index in [0.29, 0.717) is 36.5 Å². The third kappa shape index (κ3) is 12.7. The number of anilines is 1. The maximum Gasteiger partial charge on any atom is 0.330 e. The molecule has 2 heterocycles. The number of aromatic nitrogens is 1. The average Bonchev–Trinajstić information content (AvgIpc) is 3.13. The van der Waals surface area contributed by atoms with E-state index >= 15 is 0 Å². The van der Waals surface area contributed by atoms with Crippen molar-refractivity contribution in [3.8, 4) is 11.5 Å². The van der Waals surface area contributed by atoms with Crippen molar-refractivity contribution >= 4 is 41.3 Å². The molecular weight excluding hydrogens is 686 g/mol. The van der Waals surface area contributed by atoms with Crippen molar-refractivity contribution in [2.24, 2.45) is 5.41 Å². The van der Waals surface area contributed by atoms with Crippen molar-refractivity contribution in [3.63, 3.8) is 0 Å². The molecule has 1 aliphatic heterocycles. The number of amides is 2. The fraction of sp³-hybridized carbons (Fsp3) is 0.513. The fourth-order valence-electron chi connectivity index (χ4n) is 5.55. The van der Waals surface area contributed by atoms with E-state index in [-0.39, 0.29) is 44.7 Å². The molecule has 14 heteroatoms. The van der Waals surface area contributed by atoms with Crippen LogP contribution in [0.1, 0.15) is 90.5 Å². The number of methoxy groups -OCH3 is 2. The number of ketones is 1. The minimum absolute atomic E-state index is 0.120. The van der Waals surface area contributed by atoms with Crippen LogP contribution in [-0.4, -0.2) is 84.4 Å². The number of hydrogen-bond acceptors (Lipinski definition) is 12. The van der Waals surface area contributed by atoms with Gasteiger partial charge in [-0.15, -0.1) is 0 Å². The number of piperidine rings is 1. The van der Waals surface area contributed by atoms with Gasteiger partial charge in [-0.25, -0.2) is 14.6 Å². The highest BCUT2D eigenvalue weighted by Crippen LogP contribution is 2.31. The van der Waals surface area contributed by atoms with Gasteiger partial charge in [0.25, 0.3) is 5.91 Å². The Bertz CT molecular complexity index is 1660. The van der Waals surface area contributed by atoms with Crippen LogP contribution in [0.3, 0.4) is 0 Å². The van der Waals surface area contributed by atoms with Crippen LogP contribution in [0.15, 0.2) is 49.1 Å². The van der Waals surface area contributed by atoms with Crippen LogP contribution in [-0.2, 0) is 49.4 Å². The third-order valence-corrected chi connectivity index (χ3v) is 8.33. The normalized spacial score (nSPS) is 15.0. The summed E-state index contributed by atoms with van der Waals surface area (Å²) in [5.41, 5.74) is -0.845. The standard InChI is InChI=1S/C39H51N3O11/c1-9-33(44)51-24-39(5,6)35(46)36(47)42-22-11-10-14-27(42)37(48)52-28(18-16-25-17-19-29(49-7)30(23-25)50-8)26-13-12-15-31(40-26)41-32(43)20-21-34(45)53-38(2,3)4/h9,12-13,15,17,19,23,27-28H,1,10-11,14,16,18,20-22,24H2,2-8H3,(H,40,41,43)/t27-,28?/m0/s1. The van der Waals surface area contributed by atoms with Crippen molar-refractivity contribution in [3.05, 3.63) is 60.3 Å². The molecule has 2 amide bonds. The van der Waals surface area contributed by atoms with Gasteiger partial charge >= 0.3 is 17.9 Å². The van der Waals surface area contributed by atoms with Gasteiger partial charge < -0.3 is 33.9 Å². The molecule has 3 rings (SSSR count). The number of nitrogens with one attached hydrogen (secondary N) is 1. The first-order valence-corrected chi connectivity index (χ1v) is 17.5. The Hall–Kier alpha value is -5.27. The van der Waals surface area contributed by atoms with E-state index < -0.39 is 58.7 Å². The fourth-order valence-corrected chi connectivity index (χ4v) is 5.55. The van der Waals surface area contributed by atoms with E-state index in [1.54, 1.807) is 45.0 Å². The van der Waals surface area contributed by atoms with Gasteiger partial charge in [-0.3, -0.25) is 19.2 Å². The number of hydrogen-bond donors (Lipinski definition) is 1. The number of carbonyl (C=O) groups excluding carboxylic acids is 6. The highest BCUT2D eigenvalue weighted by Gasteiger charge is 2.42. The molecule has 1 N–H and O–H groups in total. The highest BCUT2D eigenvalue weighted by atomic mass is 16.6. The SMILES string of the molecule is C=CC(=O)OCC(C)(C)C(=O)C(=O)N1CCCC[C@H]1C(=O)OC(CCc1ccc(OC)c(OC)c1)c1cccc(NC(=O)CCC(=O)OC(C)(C)C)n1. The minimum Gasteiger partial charge on any atom is -0.493 e. The Morgan fingerprint density at radius 2 is 1.70 bits per heavy atom. The number of benzene rings is 1. The molecule has 2 atom stereocenters. The summed E-state index contributed by atoms with van der Waals surface area (Å²) in [5, 5.41) is 2.69. The lowest BCUT2D eigenvalue weighted by atomic mass is 9.87. The molecule has 53 heavy (non-hydrogen) atoms. The third-order valence-electron chi connectivity index (χ3n) is 8.33. The summed E-state index contributed by atoms with van der Waals surface area (Å²) >= 11 is 0. The average molecular weight is 738 g/mol. The van der Waals surface area contributed by atoms with Crippen LogP contribution in [0.5, 0.6) is 11.5 Å². The van der Waals surface area contributed by atoms with Gasteiger partial charge in [0.05, 0.1) is 31.7 Å². The molecule has 1 unspecified atom stereocenters. The van der Waals surface area contributed by atoms with Crippen molar-refractivity contribution in [1.29, 1.82) is 0 Å². The number of Topliss-reactive ketones (excluding diaryl/α,β-unsaturated/α-hetero) is 1. The van der Waals surface area contributed by atoms with Gasteiger partial charge in [0.1, 0.15) is 30.2 Å². The van der Waals surface area contributed by atoms with Gasteiger partial charge in [-0.1, -0.05) is 18.7 Å². The molecule has 1 aromatic heterocycles. The summed E-state index contributed by atoms with van der Waals surface area (Å²) in [5.74, 6) is -2.83.